The number of rotatable bonds is 1. The van der Waals surface area contributed by atoms with Crippen molar-refractivity contribution in [3.05, 3.63) is 11.2 Å². The maximum absolute atomic E-state index is 5.79. The fourth-order valence-electron chi connectivity index (χ4n) is 1.36. The number of nitrogens with two attached hydrogens (primary N) is 1. The van der Waals surface area contributed by atoms with Gasteiger partial charge in [-0.2, -0.15) is 16.9 Å². The van der Waals surface area contributed by atoms with Crippen LogP contribution >= 0.6 is 23.4 Å². The van der Waals surface area contributed by atoms with E-state index < -0.39 is 0 Å². The SMILES string of the molecule is Nc1c(Cl)cnn1C1CCSC1. The summed E-state index contributed by atoms with van der Waals surface area (Å²) in [5.74, 6) is 2.90. The van der Waals surface area contributed by atoms with Crippen LogP contribution < -0.4 is 5.73 Å². The molecule has 12 heavy (non-hydrogen) atoms. The number of nitrogen functional groups attached to an aromatic ring is 1. The molecule has 1 fully saturated rings. The minimum Gasteiger partial charge on any atom is -0.383 e. The lowest BCUT2D eigenvalue weighted by Crippen LogP contribution is -2.12. The van der Waals surface area contributed by atoms with Gasteiger partial charge in [-0.05, 0) is 12.2 Å². The van der Waals surface area contributed by atoms with Gasteiger partial charge >= 0.3 is 0 Å². The third kappa shape index (κ3) is 1.29. The van der Waals surface area contributed by atoms with E-state index in [1.54, 1.807) is 6.20 Å². The summed E-state index contributed by atoms with van der Waals surface area (Å²) < 4.78 is 1.84. The van der Waals surface area contributed by atoms with E-state index in [4.69, 9.17) is 17.3 Å². The Kier molecular flexibility index (Phi) is 2.19. The Labute approximate surface area is 80.3 Å². The number of aromatic nitrogens is 2. The first kappa shape index (κ1) is 8.26. The van der Waals surface area contributed by atoms with Crippen molar-refractivity contribution < 1.29 is 0 Å². The molecule has 0 bridgehead atoms. The molecule has 3 nitrogen and oxygen atoms in total. The molecular weight excluding hydrogens is 194 g/mol. The Morgan fingerprint density at radius 3 is 3.08 bits per heavy atom. The molecule has 5 heteroatoms. The van der Waals surface area contributed by atoms with Gasteiger partial charge < -0.3 is 5.73 Å². The highest BCUT2D eigenvalue weighted by molar-refractivity contribution is 7.99. The summed E-state index contributed by atoms with van der Waals surface area (Å²) >= 11 is 7.73. The van der Waals surface area contributed by atoms with Gasteiger partial charge in [0.15, 0.2) is 0 Å². The Morgan fingerprint density at radius 1 is 1.75 bits per heavy atom. The summed E-state index contributed by atoms with van der Waals surface area (Å²) in [6.07, 6.45) is 2.76. The van der Waals surface area contributed by atoms with Crippen LogP contribution in [0, 0.1) is 0 Å². The Balaban J connectivity index is 2.26. The van der Waals surface area contributed by atoms with Crippen molar-refractivity contribution in [3.8, 4) is 0 Å². The van der Waals surface area contributed by atoms with Crippen molar-refractivity contribution in [2.45, 2.75) is 12.5 Å². The van der Waals surface area contributed by atoms with Gasteiger partial charge in [0.2, 0.25) is 0 Å². The summed E-state index contributed by atoms with van der Waals surface area (Å²) in [4.78, 5) is 0. The quantitative estimate of drug-likeness (QED) is 0.757. The smallest absolute Gasteiger partial charge is 0.140 e. The molecule has 66 valence electrons. The van der Waals surface area contributed by atoms with Crippen LogP contribution in [0.5, 0.6) is 0 Å². The number of nitrogens with zero attached hydrogens (tertiary/aromatic N) is 2. The van der Waals surface area contributed by atoms with Gasteiger partial charge in [-0.1, -0.05) is 11.6 Å². The van der Waals surface area contributed by atoms with Gasteiger partial charge in [0.1, 0.15) is 10.8 Å². The van der Waals surface area contributed by atoms with Gasteiger partial charge in [0.05, 0.1) is 12.2 Å². The van der Waals surface area contributed by atoms with Crippen molar-refractivity contribution in [3.63, 3.8) is 0 Å². The lowest BCUT2D eigenvalue weighted by Gasteiger charge is -2.10. The topological polar surface area (TPSA) is 43.8 Å². The number of hydrogen-bond acceptors (Lipinski definition) is 3. The summed E-state index contributed by atoms with van der Waals surface area (Å²) in [5.41, 5.74) is 5.74. The first-order chi connectivity index (χ1) is 5.79. The van der Waals surface area contributed by atoms with Gasteiger partial charge in [0.25, 0.3) is 0 Å². The van der Waals surface area contributed by atoms with Crippen LogP contribution in [0.2, 0.25) is 5.02 Å². The second-order valence-corrected chi connectivity index (χ2v) is 4.40. The minimum absolute atomic E-state index is 0.447. The molecule has 0 aromatic carbocycles. The minimum atomic E-state index is 0.447. The average Bonchev–Trinajstić information content (AvgIpc) is 2.64. The maximum atomic E-state index is 5.79. The van der Waals surface area contributed by atoms with E-state index >= 15 is 0 Å². The van der Waals surface area contributed by atoms with Crippen LogP contribution in [-0.4, -0.2) is 21.3 Å². The molecule has 1 aliphatic rings. The third-order valence-corrected chi connectivity index (χ3v) is 3.47. The Hall–Kier alpha value is -0.350. The van der Waals surface area contributed by atoms with E-state index in [-0.39, 0.29) is 0 Å². The Morgan fingerprint density at radius 2 is 2.58 bits per heavy atom. The largest absolute Gasteiger partial charge is 0.383 e. The van der Waals surface area contributed by atoms with Crippen molar-refractivity contribution in [2.75, 3.05) is 17.2 Å². The molecule has 1 atom stereocenters. The molecule has 0 saturated carbocycles. The fraction of sp³-hybridized carbons (Fsp3) is 0.571. The van der Waals surface area contributed by atoms with E-state index in [1.807, 2.05) is 16.4 Å². The van der Waals surface area contributed by atoms with Crippen molar-refractivity contribution in [1.29, 1.82) is 0 Å². The van der Waals surface area contributed by atoms with E-state index in [1.165, 1.54) is 5.75 Å². The van der Waals surface area contributed by atoms with Gasteiger partial charge in [-0.25, -0.2) is 4.68 Å². The van der Waals surface area contributed by atoms with Gasteiger partial charge in [-0.15, -0.1) is 0 Å². The molecule has 1 unspecified atom stereocenters. The van der Waals surface area contributed by atoms with Crippen LogP contribution in [0.15, 0.2) is 6.20 Å². The second kappa shape index (κ2) is 3.18. The molecule has 0 amide bonds. The summed E-state index contributed by atoms with van der Waals surface area (Å²) in [6.45, 7) is 0. The monoisotopic (exact) mass is 203 g/mol. The van der Waals surface area contributed by atoms with Crippen LogP contribution in [-0.2, 0) is 0 Å². The first-order valence-electron chi connectivity index (χ1n) is 3.85. The zero-order chi connectivity index (χ0) is 8.55. The first-order valence-corrected chi connectivity index (χ1v) is 5.38. The molecular formula is C7H10ClN3S. The molecule has 1 saturated heterocycles. The van der Waals surface area contributed by atoms with Gasteiger partial charge in [0, 0.05) is 5.75 Å². The van der Waals surface area contributed by atoms with Crippen LogP contribution in [0.3, 0.4) is 0 Å². The van der Waals surface area contributed by atoms with Crippen molar-refractivity contribution in [1.82, 2.24) is 9.78 Å². The zero-order valence-electron chi connectivity index (χ0n) is 6.53. The predicted molar refractivity (Wildman–Crippen MR) is 52.6 cm³/mol. The molecule has 2 N–H and O–H groups in total. The second-order valence-electron chi connectivity index (χ2n) is 2.84. The van der Waals surface area contributed by atoms with Gasteiger partial charge in [-0.3, -0.25) is 0 Å². The Bertz CT molecular complexity index is 280. The standard InChI is InChI=1S/C7H10ClN3S/c8-6-3-10-11(7(6)9)5-1-2-12-4-5/h3,5H,1-2,4,9H2. The highest BCUT2D eigenvalue weighted by Gasteiger charge is 2.20. The molecule has 1 aromatic heterocycles. The van der Waals surface area contributed by atoms with E-state index in [9.17, 15) is 0 Å². The number of anilines is 1. The van der Waals surface area contributed by atoms with Crippen LogP contribution in [0.25, 0.3) is 0 Å². The molecule has 1 aliphatic heterocycles. The highest BCUT2D eigenvalue weighted by Crippen LogP contribution is 2.31. The van der Waals surface area contributed by atoms with Crippen LogP contribution in [0.1, 0.15) is 12.5 Å². The number of halogens is 1. The lowest BCUT2D eigenvalue weighted by molar-refractivity contribution is 0.509. The van der Waals surface area contributed by atoms with E-state index in [0.29, 0.717) is 16.9 Å². The molecule has 0 radical (unpaired) electrons. The maximum Gasteiger partial charge on any atom is 0.140 e. The number of hydrogen-bond donors (Lipinski definition) is 1. The molecule has 0 spiro atoms. The van der Waals surface area contributed by atoms with Crippen molar-refractivity contribution in [2.24, 2.45) is 0 Å². The molecule has 1 aromatic rings. The van der Waals surface area contributed by atoms with E-state index in [2.05, 4.69) is 5.10 Å². The molecule has 2 heterocycles. The molecule has 0 aliphatic carbocycles. The lowest BCUT2D eigenvalue weighted by atomic mass is 10.3. The average molecular weight is 204 g/mol. The fourth-order valence-corrected chi connectivity index (χ4v) is 2.67. The van der Waals surface area contributed by atoms with Crippen molar-refractivity contribution >= 4 is 29.2 Å². The van der Waals surface area contributed by atoms with E-state index in [0.717, 1.165) is 12.2 Å². The third-order valence-electron chi connectivity index (χ3n) is 2.04. The molecule has 2 rings (SSSR count). The summed E-state index contributed by atoms with van der Waals surface area (Å²) in [7, 11) is 0. The zero-order valence-corrected chi connectivity index (χ0v) is 8.11. The normalized spacial score (nSPS) is 23.2. The predicted octanol–water partition coefficient (Wildman–Crippen LogP) is 1.80. The summed E-state index contributed by atoms with van der Waals surface area (Å²) in [6, 6.07) is 0.447. The summed E-state index contributed by atoms with van der Waals surface area (Å²) in [5, 5.41) is 4.71. The highest BCUT2D eigenvalue weighted by atomic mass is 35.5. The number of thioether (sulfide) groups is 1. The van der Waals surface area contributed by atoms with Crippen LogP contribution in [0.4, 0.5) is 5.82 Å².